The smallest absolute Gasteiger partial charge is 0.252 e. The quantitative estimate of drug-likeness (QED) is 0.237. The van der Waals surface area contributed by atoms with Gasteiger partial charge in [0.2, 0.25) is 5.91 Å². The number of hydrogen-bond acceptors (Lipinski definition) is 6. The van der Waals surface area contributed by atoms with E-state index in [0.29, 0.717) is 43.6 Å². The van der Waals surface area contributed by atoms with Crippen LogP contribution in [0.3, 0.4) is 0 Å². The largest absolute Gasteiger partial charge is 0.380 e. The minimum atomic E-state index is -0.456. The van der Waals surface area contributed by atoms with E-state index in [4.69, 9.17) is 14.3 Å². The summed E-state index contributed by atoms with van der Waals surface area (Å²) in [5.74, 6) is 0.491. The number of amides is 2. The average Bonchev–Trinajstić information content (AvgIpc) is 2.76. The molecule has 8 heteroatoms. The van der Waals surface area contributed by atoms with Crippen LogP contribution in [0.1, 0.15) is 66.7 Å². The number of benzene rings is 1. The standard InChI is InChI=1S/C26H42N2O6/c1-19(2)7-6-13-32-15-16-33-14-12-23(29)18-21(5)26(31)27-22-8-10-24(11-9-22)34-28-25(30)17-20(3)4/h8-11,19-21H,6-7,12-18H2,1-5H3,(H,27,31)(H,28,30)/t21-/m1/s1. The molecule has 8 nitrogen and oxygen atoms in total. The number of rotatable bonds is 18. The molecule has 34 heavy (non-hydrogen) atoms. The molecule has 1 rings (SSSR count). The van der Waals surface area contributed by atoms with Gasteiger partial charge in [-0.1, -0.05) is 34.6 Å². The topological polar surface area (TPSA) is 103 Å². The van der Waals surface area contributed by atoms with E-state index in [1.165, 1.54) is 0 Å². The van der Waals surface area contributed by atoms with Crippen molar-refractivity contribution in [3.8, 4) is 5.75 Å². The summed E-state index contributed by atoms with van der Waals surface area (Å²) in [5, 5.41) is 2.79. The fourth-order valence-corrected chi connectivity index (χ4v) is 3.04. The van der Waals surface area contributed by atoms with Gasteiger partial charge in [-0.15, -0.1) is 0 Å². The highest BCUT2D eigenvalue weighted by atomic mass is 16.7. The van der Waals surface area contributed by atoms with Crippen molar-refractivity contribution in [2.24, 2.45) is 17.8 Å². The highest BCUT2D eigenvalue weighted by Crippen LogP contribution is 2.17. The van der Waals surface area contributed by atoms with Gasteiger partial charge < -0.3 is 19.6 Å². The Kier molecular flexibility index (Phi) is 14.8. The molecular weight excluding hydrogens is 436 g/mol. The van der Waals surface area contributed by atoms with Gasteiger partial charge in [-0.25, -0.2) is 0 Å². The van der Waals surface area contributed by atoms with Crippen molar-refractivity contribution in [3.63, 3.8) is 0 Å². The molecule has 0 radical (unpaired) electrons. The van der Waals surface area contributed by atoms with E-state index in [2.05, 4.69) is 24.6 Å². The Hall–Kier alpha value is -2.45. The van der Waals surface area contributed by atoms with Crippen LogP contribution in [-0.2, 0) is 23.9 Å². The van der Waals surface area contributed by atoms with Crippen LogP contribution in [0.4, 0.5) is 5.69 Å². The molecule has 0 bridgehead atoms. The van der Waals surface area contributed by atoms with Crippen molar-refractivity contribution in [3.05, 3.63) is 24.3 Å². The first-order valence-electron chi connectivity index (χ1n) is 12.2. The maximum absolute atomic E-state index is 12.4. The molecule has 0 saturated carbocycles. The molecule has 0 aliphatic heterocycles. The fraction of sp³-hybridized carbons (Fsp3) is 0.654. The summed E-state index contributed by atoms with van der Waals surface area (Å²) >= 11 is 0. The lowest BCUT2D eigenvalue weighted by Crippen LogP contribution is -2.27. The molecule has 1 aromatic rings. The Bertz CT molecular complexity index is 733. The predicted octanol–water partition coefficient (Wildman–Crippen LogP) is 4.54. The number of ether oxygens (including phenoxy) is 2. The number of hydroxylamine groups is 1. The first-order valence-corrected chi connectivity index (χ1v) is 12.2. The normalized spacial score (nSPS) is 12.0. The second kappa shape index (κ2) is 17.1. The third-order valence-corrected chi connectivity index (χ3v) is 4.95. The first kappa shape index (κ1) is 29.6. The number of ketones is 1. The monoisotopic (exact) mass is 478 g/mol. The minimum Gasteiger partial charge on any atom is -0.380 e. The third-order valence-electron chi connectivity index (χ3n) is 4.95. The summed E-state index contributed by atoms with van der Waals surface area (Å²) in [6.45, 7) is 12.1. The summed E-state index contributed by atoms with van der Waals surface area (Å²) in [7, 11) is 0. The van der Waals surface area contributed by atoms with Crippen molar-refractivity contribution in [1.82, 2.24) is 5.48 Å². The third kappa shape index (κ3) is 14.6. The van der Waals surface area contributed by atoms with Crippen LogP contribution >= 0.6 is 0 Å². The van der Waals surface area contributed by atoms with E-state index >= 15 is 0 Å². The number of hydrogen-bond donors (Lipinski definition) is 2. The van der Waals surface area contributed by atoms with Crippen LogP contribution in [-0.4, -0.2) is 44.0 Å². The van der Waals surface area contributed by atoms with E-state index in [0.717, 1.165) is 19.4 Å². The van der Waals surface area contributed by atoms with Crippen LogP contribution in [0, 0.1) is 17.8 Å². The zero-order valence-corrected chi connectivity index (χ0v) is 21.4. The summed E-state index contributed by atoms with van der Waals surface area (Å²) in [4.78, 5) is 41.4. The second-order valence-corrected chi connectivity index (χ2v) is 9.39. The van der Waals surface area contributed by atoms with E-state index in [9.17, 15) is 14.4 Å². The van der Waals surface area contributed by atoms with Gasteiger partial charge in [0, 0.05) is 37.5 Å². The van der Waals surface area contributed by atoms with Gasteiger partial charge in [-0.05, 0) is 48.9 Å². The molecule has 2 amide bonds. The second-order valence-electron chi connectivity index (χ2n) is 9.39. The van der Waals surface area contributed by atoms with Crippen molar-refractivity contribution in [2.45, 2.75) is 66.7 Å². The lowest BCUT2D eigenvalue weighted by atomic mass is 10.0. The molecule has 0 saturated heterocycles. The Balaban J connectivity index is 2.20. The molecule has 0 unspecified atom stereocenters. The lowest BCUT2D eigenvalue weighted by molar-refractivity contribution is -0.128. The van der Waals surface area contributed by atoms with Crippen LogP contribution < -0.4 is 15.6 Å². The van der Waals surface area contributed by atoms with Gasteiger partial charge in [0.1, 0.15) is 5.78 Å². The predicted molar refractivity (Wildman–Crippen MR) is 132 cm³/mol. The zero-order valence-electron chi connectivity index (χ0n) is 21.4. The summed E-state index contributed by atoms with van der Waals surface area (Å²) in [6.07, 6.45) is 3.01. The fourth-order valence-electron chi connectivity index (χ4n) is 3.04. The molecule has 192 valence electrons. The van der Waals surface area contributed by atoms with Gasteiger partial charge >= 0.3 is 0 Å². The molecule has 1 aromatic carbocycles. The van der Waals surface area contributed by atoms with Gasteiger partial charge in [0.25, 0.3) is 5.91 Å². The van der Waals surface area contributed by atoms with E-state index in [-0.39, 0.29) is 36.4 Å². The molecule has 0 aliphatic carbocycles. The summed E-state index contributed by atoms with van der Waals surface area (Å²) in [5.41, 5.74) is 2.97. The highest BCUT2D eigenvalue weighted by molar-refractivity contribution is 5.95. The van der Waals surface area contributed by atoms with E-state index in [1.54, 1.807) is 31.2 Å². The van der Waals surface area contributed by atoms with Crippen LogP contribution in [0.15, 0.2) is 24.3 Å². The molecular formula is C26H42N2O6. The van der Waals surface area contributed by atoms with Crippen LogP contribution in [0.2, 0.25) is 0 Å². The highest BCUT2D eigenvalue weighted by Gasteiger charge is 2.17. The van der Waals surface area contributed by atoms with Crippen molar-refractivity contribution in [2.75, 3.05) is 31.7 Å². The summed E-state index contributed by atoms with van der Waals surface area (Å²) < 4.78 is 10.9. The van der Waals surface area contributed by atoms with Gasteiger partial charge in [-0.3, -0.25) is 14.4 Å². The number of nitrogens with one attached hydrogen (secondary N) is 2. The maximum Gasteiger partial charge on any atom is 0.252 e. The molecule has 0 heterocycles. The Labute approximate surface area is 204 Å². The van der Waals surface area contributed by atoms with Crippen LogP contribution in [0.5, 0.6) is 5.75 Å². The average molecular weight is 479 g/mol. The number of anilines is 1. The van der Waals surface area contributed by atoms with Crippen molar-refractivity contribution >= 4 is 23.3 Å². The molecule has 1 atom stereocenters. The Morgan fingerprint density at radius 3 is 2.09 bits per heavy atom. The Morgan fingerprint density at radius 2 is 1.47 bits per heavy atom. The first-order chi connectivity index (χ1) is 16.2. The number of carbonyl (C=O) groups excluding carboxylic acids is 3. The number of Topliss-reactive ketones (excluding diaryl/α,β-unsaturated/α-hetero) is 1. The summed E-state index contributed by atoms with van der Waals surface area (Å²) in [6, 6.07) is 6.64. The van der Waals surface area contributed by atoms with Gasteiger partial charge in [-0.2, -0.15) is 5.48 Å². The molecule has 0 aliphatic rings. The molecule has 0 aromatic heterocycles. The van der Waals surface area contributed by atoms with Gasteiger partial charge in [0.15, 0.2) is 5.75 Å². The number of carbonyl (C=O) groups is 3. The molecule has 0 fully saturated rings. The van der Waals surface area contributed by atoms with Crippen molar-refractivity contribution < 1.29 is 28.7 Å². The lowest BCUT2D eigenvalue weighted by Gasteiger charge is -2.13. The SMILES string of the molecule is CC(C)CCCOCCOCCC(=O)C[C@@H](C)C(=O)Nc1ccc(ONC(=O)CC(C)C)cc1. The van der Waals surface area contributed by atoms with E-state index in [1.807, 2.05) is 13.8 Å². The zero-order chi connectivity index (χ0) is 25.3. The molecule has 2 N–H and O–H groups in total. The van der Waals surface area contributed by atoms with Gasteiger partial charge in [0.05, 0.1) is 19.8 Å². The Morgan fingerprint density at radius 1 is 0.824 bits per heavy atom. The van der Waals surface area contributed by atoms with E-state index < -0.39 is 5.92 Å². The minimum absolute atomic E-state index is 0.0126. The molecule has 0 spiro atoms. The van der Waals surface area contributed by atoms with Crippen molar-refractivity contribution in [1.29, 1.82) is 0 Å². The maximum atomic E-state index is 12.4. The van der Waals surface area contributed by atoms with Crippen LogP contribution in [0.25, 0.3) is 0 Å².